The summed E-state index contributed by atoms with van der Waals surface area (Å²) in [6, 6.07) is 8.33. The van der Waals surface area contributed by atoms with Gasteiger partial charge in [-0.1, -0.05) is 38.9 Å². The molecule has 0 fully saturated rings. The van der Waals surface area contributed by atoms with Crippen LogP contribution in [0.1, 0.15) is 32.3 Å². The molecule has 0 bridgehead atoms. The minimum Gasteiger partial charge on any atom is -0.389 e. The number of nitrogens with zero attached hydrogens (tertiary/aromatic N) is 1. The van der Waals surface area contributed by atoms with Crippen molar-refractivity contribution in [2.24, 2.45) is 11.7 Å². The molecule has 0 spiro atoms. The highest BCUT2D eigenvalue weighted by molar-refractivity contribution is 7.80. The van der Waals surface area contributed by atoms with Gasteiger partial charge < -0.3 is 10.3 Å². The van der Waals surface area contributed by atoms with Crippen LogP contribution in [-0.4, -0.2) is 9.56 Å². The third-order valence-electron chi connectivity index (χ3n) is 3.67. The average Bonchev–Trinajstić information content (AvgIpc) is 2.78. The molecule has 0 saturated heterocycles. The van der Waals surface area contributed by atoms with Gasteiger partial charge in [0.15, 0.2) is 0 Å². The number of aromatic nitrogens is 1. The second kappa shape index (κ2) is 5.53. The van der Waals surface area contributed by atoms with Crippen molar-refractivity contribution in [3.63, 3.8) is 0 Å². The van der Waals surface area contributed by atoms with Crippen LogP contribution in [0.15, 0.2) is 30.5 Å². The molecule has 0 radical (unpaired) electrons. The predicted molar refractivity (Wildman–Crippen MR) is 81.9 cm³/mol. The zero-order valence-corrected chi connectivity index (χ0v) is 11.8. The monoisotopic (exact) mass is 260 g/mol. The number of thiocarbonyl (C=S) groups is 1. The Hall–Kier alpha value is -1.35. The molecule has 2 aromatic rings. The Morgan fingerprint density at radius 3 is 2.61 bits per heavy atom. The van der Waals surface area contributed by atoms with Crippen LogP contribution in [-0.2, 0) is 6.54 Å². The molecule has 0 aliphatic carbocycles. The zero-order chi connectivity index (χ0) is 13.1. The van der Waals surface area contributed by atoms with Crippen molar-refractivity contribution in [1.82, 2.24) is 4.57 Å². The summed E-state index contributed by atoms with van der Waals surface area (Å²) in [5, 5.41) is 1.21. The van der Waals surface area contributed by atoms with Gasteiger partial charge in [0.05, 0.1) is 0 Å². The first-order chi connectivity index (χ1) is 8.65. The van der Waals surface area contributed by atoms with Crippen molar-refractivity contribution < 1.29 is 0 Å². The lowest BCUT2D eigenvalue weighted by Gasteiger charge is -2.14. The standard InChI is InChI=1S/C15H20N2S/c1-3-11(4-2)10-17-8-7-12-9-13(15(16)18)5-6-14(12)17/h5-9,11H,3-4,10H2,1-2H3,(H2,16,18). The van der Waals surface area contributed by atoms with Gasteiger partial charge in [0.2, 0.25) is 0 Å². The lowest BCUT2D eigenvalue weighted by Crippen LogP contribution is -2.10. The third-order valence-corrected chi connectivity index (χ3v) is 3.90. The maximum atomic E-state index is 5.66. The van der Waals surface area contributed by atoms with Crippen LogP contribution < -0.4 is 5.73 Å². The van der Waals surface area contributed by atoms with E-state index in [9.17, 15) is 0 Å². The first-order valence-electron chi connectivity index (χ1n) is 6.54. The second-order valence-corrected chi connectivity index (χ2v) is 5.23. The summed E-state index contributed by atoms with van der Waals surface area (Å²) in [6.45, 7) is 5.60. The molecule has 2 N–H and O–H groups in total. The molecule has 2 nitrogen and oxygen atoms in total. The number of benzene rings is 1. The molecular weight excluding hydrogens is 240 g/mol. The van der Waals surface area contributed by atoms with Crippen molar-refractivity contribution in [2.45, 2.75) is 33.2 Å². The molecule has 2 rings (SSSR count). The highest BCUT2D eigenvalue weighted by Crippen LogP contribution is 2.20. The first kappa shape index (κ1) is 13.1. The second-order valence-electron chi connectivity index (χ2n) is 4.79. The van der Waals surface area contributed by atoms with E-state index in [4.69, 9.17) is 18.0 Å². The number of hydrogen-bond acceptors (Lipinski definition) is 1. The summed E-state index contributed by atoms with van der Waals surface area (Å²) in [7, 11) is 0. The Labute approximate surface area is 114 Å². The van der Waals surface area contributed by atoms with E-state index >= 15 is 0 Å². The van der Waals surface area contributed by atoms with Crippen LogP contribution in [0.4, 0.5) is 0 Å². The molecule has 0 saturated carbocycles. The Bertz CT molecular complexity index is 553. The van der Waals surface area contributed by atoms with Gasteiger partial charge in [-0.3, -0.25) is 0 Å². The van der Waals surface area contributed by atoms with E-state index in [2.05, 4.69) is 42.8 Å². The maximum Gasteiger partial charge on any atom is 0.104 e. The van der Waals surface area contributed by atoms with Crippen molar-refractivity contribution in [1.29, 1.82) is 0 Å². The van der Waals surface area contributed by atoms with E-state index in [0.29, 0.717) is 4.99 Å². The molecule has 0 aliphatic heterocycles. The Kier molecular flexibility index (Phi) is 4.02. The van der Waals surface area contributed by atoms with Gasteiger partial charge in [-0.15, -0.1) is 0 Å². The van der Waals surface area contributed by atoms with Crippen LogP contribution in [0.5, 0.6) is 0 Å². The number of fused-ring (bicyclic) bond motifs is 1. The van der Waals surface area contributed by atoms with E-state index in [1.165, 1.54) is 23.7 Å². The Morgan fingerprint density at radius 1 is 1.28 bits per heavy atom. The lowest BCUT2D eigenvalue weighted by atomic mass is 10.0. The molecule has 1 aromatic heterocycles. The van der Waals surface area contributed by atoms with Crippen LogP contribution in [0.2, 0.25) is 0 Å². The summed E-state index contributed by atoms with van der Waals surface area (Å²) in [6.07, 6.45) is 4.61. The first-order valence-corrected chi connectivity index (χ1v) is 6.95. The fraction of sp³-hybridized carbons (Fsp3) is 0.400. The zero-order valence-electron chi connectivity index (χ0n) is 11.0. The summed E-state index contributed by atoms with van der Waals surface area (Å²) >= 11 is 5.01. The summed E-state index contributed by atoms with van der Waals surface area (Å²) < 4.78 is 2.33. The molecule has 3 heteroatoms. The Balaban J connectivity index is 2.34. The number of nitrogens with two attached hydrogens (primary N) is 1. The Morgan fingerprint density at radius 2 is 2.00 bits per heavy atom. The molecule has 1 aromatic carbocycles. The topological polar surface area (TPSA) is 30.9 Å². The SMILES string of the molecule is CCC(CC)Cn1ccc2cc(C(N)=S)ccc21. The fourth-order valence-corrected chi connectivity index (χ4v) is 2.46. The summed E-state index contributed by atoms with van der Waals surface area (Å²) in [4.78, 5) is 0.463. The van der Waals surface area contributed by atoms with Crippen LogP contribution >= 0.6 is 12.2 Å². The van der Waals surface area contributed by atoms with Gasteiger partial charge >= 0.3 is 0 Å². The summed E-state index contributed by atoms with van der Waals surface area (Å²) in [5.41, 5.74) is 7.87. The van der Waals surface area contributed by atoms with Gasteiger partial charge in [-0.2, -0.15) is 0 Å². The van der Waals surface area contributed by atoms with Gasteiger partial charge in [-0.05, 0) is 30.2 Å². The normalized spacial score (nSPS) is 11.3. The van der Waals surface area contributed by atoms with E-state index in [1.54, 1.807) is 0 Å². The minimum atomic E-state index is 0.463. The van der Waals surface area contributed by atoms with E-state index in [1.807, 2.05) is 6.07 Å². The fourth-order valence-electron chi connectivity index (χ4n) is 2.34. The quantitative estimate of drug-likeness (QED) is 0.831. The minimum absolute atomic E-state index is 0.463. The van der Waals surface area contributed by atoms with Crippen LogP contribution in [0.25, 0.3) is 10.9 Å². The molecule has 18 heavy (non-hydrogen) atoms. The highest BCUT2D eigenvalue weighted by atomic mass is 32.1. The van der Waals surface area contributed by atoms with E-state index in [-0.39, 0.29) is 0 Å². The predicted octanol–water partition coefficient (Wildman–Crippen LogP) is 3.71. The van der Waals surface area contributed by atoms with Crippen molar-refractivity contribution in [3.05, 3.63) is 36.0 Å². The van der Waals surface area contributed by atoms with Gasteiger partial charge in [0.25, 0.3) is 0 Å². The van der Waals surface area contributed by atoms with Gasteiger partial charge in [-0.25, -0.2) is 0 Å². The van der Waals surface area contributed by atoms with Crippen molar-refractivity contribution >= 4 is 28.1 Å². The van der Waals surface area contributed by atoms with Crippen LogP contribution in [0.3, 0.4) is 0 Å². The van der Waals surface area contributed by atoms with Crippen molar-refractivity contribution in [2.75, 3.05) is 0 Å². The van der Waals surface area contributed by atoms with E-state index < -0.39 is 0 Å². The number of rotatable bonds is 5. The van der Waals surface area contributed by atoms with Crippen molar-refractivity contribution in [3.8, 4) is 0 Å². The molecule has 0 unspecified atom stereocenters. The number of hydrogen-bond donors (Lipinski definition) is 1. The molecule has 0 aliphatic rings. The third kappa shape index (κ3) is 2.56. The summed E-state index contributed by atoms with van der Waals surface area (Å²) in [5.74, 6) is 0.746. The smallest absolute Gasteiger partial charge is 0.104 e. The lowest BCUT2D eigenvalue weighted by molar-refractivity contribution is 0.425. The van der Waals surface area contributed by atoms with Gasteiger partial charge in [0, 0.05) is 29.2 Å². The molecule has 1 heterocycles. The average molecular weight is 260 g/mol. The highest BCUT2D eigenvalue weighted by Gasteiger charge is 2.08. The maximum absolute atomic E-state index is 5.66. The molecule has 96 valence electrons. The van der Waals surface area contributed by atoms with Crippen LogP contribution in [0, 0.1) is 5.92 Å². The van der Waals surface area contributed by atoms with E-state index in [0.717, 1.165) is 18.0 Å². The molecular formula is C15H20N2S. The molecule has 0 atom stereocenters. The van der Waals surface area contributed by atoms with Gasteiger partial charge in [0.1, 0.15) is 4.99 Å². The largest absolute Gasteiger partial charge is 0.389 e. The molecule has 0 amide bonds.